The molecule has 0 spiro atoms. The summed E-state index contributed by atoms with van der Waals surface area (Å²) in [4.78, 5) is 2.09. The van der Waals surface area contributed by atoms with Gasteiger partial charge in [0.1, 0.15) is 5.37 Å². The maximum atomic E-state index is 11.7. The molecule has 1 N–H and O–H groups in total. The fraction of sp³-hybridized carbons (Fsp3) is 1.00. The molecule has 4 nitrogen and oxygen atoms in total. The van der Waals surface area contributed by atoms with Crippen LogP contribution >= 0.6 is 11.8 Å². The van der Waals surface area contributed by atoms with Crippen LogP contribution in [-0.2, 0) is 9.84 Å². The van der Waals surface area contributed by atoms with Crippen LogP contribution in [0.5, 0.6) is 0 Å². The topological polar surface area (TPSA) is 49.4 Å². The van der Waals surface area contributed by atoms with Crippen LogP contribution in [0.1, 0.15) is 20.8 Å². The van der Waals surface area contributed by atoms with Crippen molar-refractivity contribution in [3.63, 3.8) is 0 Å². The summed E-state index contributed by atoms with van der Waals surface area (Å²) in [5.74, 6) is 1.73. The van der Waals surface area contributed by atoms with Crippen LogP contribution in [0, 0.1) is 0 Å². The number of hydrogen-bond acceptors (Lipinski definition) is 5. The normalized spacial score (nSPS) is 23.9. The molecule has 0 amide bonds. The lowest BCUT2D eigenvalue weighted by Crippen LogP contribution is -2.50. The highest BCUT2D eigenvalue weighted by Crippen LogP contribution is 2.19. The first-order valence-electron chi connectivity index (χ1n) is 5.96. The summed E-state index contributed by atoms with van der Waals surface area (Å²) in [5, 5.41) is 3.10. The maximum absolute atomic E-state index is 11.7. The van der Waals surface area contributed by atoms with Crippen LogP contribution in [0.3, 0.4) is 0 Å². The Labute approximate surface area is 109 Å². The lowest BCUT2D eigenvalue weighted by atomic mass is 10.1. The van der Waals surface area contributed by atoms with Crippen LogP contribution < -0.4 is 5.32 Å². The van der Waals surface area contributed by atoms with Gasteiger partial charge in [0, 0.05) is 42.9 Å². The highest BCUT2D eigenvalue weighted by molar-refractivity contribution is 8.00. The highest BCUT2D eigenvalue weighted by Gasteiger charge is 2.30. The van der Waals surface area contributed by atoms with Crippen LogP contribution in [0.2, 0.25) is 0 Å². The fourth-order valence-electron chi connectivity index (χ4n) is 1.84. The minimum Gasteiger partial charge on any atom is -0.311 e. The summed E-state index contributed by atoms with van der Waals surface area (Å²) < 4.78 is 23.4. The van der Waals surface area contributed by atoms with E-state index in [1.807, 2.05) is 0 Å². The summed E-state index contributed by atoms with van der Waals surface area (Å²) in [5.41, 5.74) is 0.0884. The molecular formula is C11H24N2O2S2. The Morgan fingerprint density at radius 1 is 1.41 bits per heavy atom. The van der Waals surface area contributed by atoms with Crippen molar-refractivity contribution >= 4 is 21.6 Å². The molecule has 1 aliphatic rings. The predicted molar refractivity (Wildman–Crippen MR) is 75.3 cm³/mol. The molecule has 1 unspecified atom stereocenters. The van der Waals surface area contributed by atoms with E-state index in [0.29, 0.717) is 5.75 Å². The van der Waals surface area contributed by atoms with E-state index in [1.165, 1.54) is 6.26 Å². The molecular weight excluding hydrogens is 256 g/mol. The van der Waals surface area contributed by atoms with Crippen molar-refractivity contribution in [2.24, 2.45) is 0 Å². The minimum atomic E-state index is -2.96. The van der Waals surface area contributed by atoms with Gasteiger partial charge in [-0.05, 0) is 20.8 Å². The van der Waals surface area contributed by atoms with Crippen LogP contribution in [0.4, 0.5) is 0 Å². The largest absolute Gasteiger partial charge is 0.311 e. The summed E-state index contributed by atoms with van der Waals surface area (Å²) in [6, 6.07) is 0. The van der Waals surface area contributed by atoms with E-state index in [0.717, 1.165) is 25.4 Å². The van der Waals surface area contributed by atoms with E-state index in [9.17, 15) is 8.42 Å². The van der Waals surface area contributed by atoms with Crippen LogP contribution in [0.15, 0.2) is 0 Å². The molecule has 1 fully saturated rings. The van der Waals surface area contributed by atoms with Gasteiger partial charge in [0.15, 0.2) is 9.84 Å². The van der Waals surface area contributed by atoms with Crippen molar-refractivity contribution in [1.82, 2.24) is 10.2 Å². The molecule has 1 heterocycles. The molecule has 0 saturated carbocycles. The Kier molecular flexibility index (Phi) is 5.31. The van der Waals surface area contributed by atoms with E-state index in [1.54, 1.807) is 11.8 Å². The van der Waals surface area contributed by atoms with Gasteiger partial charge in [-0.3, -0.25) is 4.90 Å². The molecule has 0 aromatic heterocycles. The molecule has 0 aromatic carbocycles. The zero-order chi connectivity index (χ0) is 13.1. The number of hydrogen-bond donors (Lipinski definition) is 1. The predicted octanol–water partition coefficient (Wildman–Crippen LogP) is 0.794. The smallest absolute Gasteiger partial charge is 0.164 e. The maximum Gasteiger partial charge on any atom is 0.164 e. The first kappa shape index (κ1) is 15.3. The molecule has 17 heavy (non-hydrogen) atoms. The van der Waals surface area contributed by atoms with Crippen molar-refractivity contribution in [1.29, 1.82) is 0 Å². The Morgan fingerprint density at radius 3 is 2.59 bits per heavy atom. The molecule has 1 aliphatic heterocycles. The Balaban J connectivity index is 2.50. The molecule has 0 aliphatic carbocycles. The third-order valence-corrected chi connectivity index (χ3v) is 5.43. The summed E-state index contributed by atoms with van der Waals surface area (Å²) in [6.07, 6.45) is 1.34. The van der Waals surface area contributed by atoms with Gasteiger partial charge in [0.2, 0.25) is 0 Å². The van der Waals surface area contributed by atoms with E-state index < -0.39 is 9.84 Å². The number of nitrogens with zero attached hydrogens (tertiary/aromatic N) is 1. The average Bonchev–Trinajstić information content (AvgIpc) is 2.15. The van der Waals surface area contributed by atoms with Crippen LogP contribution in [0.25, 0.3) is 0 Å². The summed E-state index contributed by atoms with van der Waals surface area (Å²) in [6.45, 7) is 8.86. The first-order chi connectivity index (χ1) is 7.70. The zero-order valence-corrected chi connectivity index (χ0v) is 12.8. The Hall–Kier alpha value is 0.220. The molecule has 0 bridgehead atoms. The molecule has 1 rings (SSSR count). The molecule has 1 atom stereocenters. The SMILES string of the molecule is CC(C)(C)NCCN1CCSCC1S(C)(=O)=O. The van der Waals surface area contributed by atoms with Crippen LogP contribution in [-0.4, -0.2) is 61.6 Å². The number of sulfone groups is 1. The van der Waals surface area contributed by atoms with E-state index in [-0.39, 0.29) is 10.9 Å². The van der Waals surface area contributed by atoms with Gasteiger partial charge in [0.25, 0.3) is 0 Å². The Morgan fingerprint density at radius 2 is 2.06 bits per heavy atom. The Bertz CT molecular complexity index is 336. The summed E-state index contributed by atoms with van der Waals surface area (Å²) in [7, 11) is -2.96. The van der Waals surface area contributed by atoms with Gasteiger partial charge in [-0.1, -0.05) is 0 Å². The number of nitrogens with one attached hydrogen (secondary N) is 1. The van der Waals surface area contributed by atoms with Crippen molar-refractivity contribution in [2.75, 3.05) is 37.4 Å². The average molecular weight is 280 g/mol. The van der Waals surface area contributed by atoms with Gasteiger partial charge in [0.05, 0.1) is 0 Å². The molecule has 1 saturated heterocycles. The van der Waals surface area contributed by atoms with E-state index in [4.69, 9.17) is 0 Å². The molecule has 0 aromatic rings. The lowest BCUT2D eigenvalue weighted by Gasteiger charge is -2.34. The third kappa shape index (κ3) is 5.59. The first-order valence-corrected chi connectivity index (χ1v) is 9.07. The number of rotatable bonds is 4. The van der Waals surface area contributed by atoms with Gasteiger partial charge in [-0.25, -0.2) is 8.42 Å². The standard InChI is InChI=1S/C11H24N2O2S2/c1-11(2,3)12-5-6-13-7-8-16-9-10(13)17(4,14)15/h10,12H,5-9H2,1-4H3. The lowest BCUT2D eigenvalue weighted by molar-refractivity contribution is 0.258. The molecule has 102 valence electrons. The highest BCUT2D eigenvalue weighted by atomic mass is 32.2. The zero-order valence-electron chi connectivity index (χ0n) is 11.2. The van der Waals surface area contributed by atoms with Crippen molar-refractivity contribution in [3.8, 4) is 0 Å². The van der Waals surface area contributed by atoms with Gasteiger partial charge >= 0.3 is 0 Å². The van der Waals surface area contributed by atoms with Crippen molar-refractivity contribution in [2.45, 2.75) is 31.7 Å². The minimum absolute atomic E-state index is 0.0884. The molecule has 6 heteroatoms. The van der Waals surface area contributed by atoms with Gasteiger partial charge in [-0.15, -0.1) is 0 Å². The quantitative estimate of drug-likeness (QED) is 0.825. The van der Waals surface area contributed by atoms with Crippen molar-refractivity contribution in [3.05, 3.63) is 0 Å². The number of thioether (sulfide) groups is 1. The third-order valence-electron chi connectivity index (χ3n) is 2.74. The second kappa shape index (κ2) is 5.91. The van der Waals surface area contributed by atoms with E-state index >= 15 is 0 Å². The fourth-order valence-corrected chi connectivity index (χ4v) is 4.81. The summed E-state index contributed by atoms with van der Waals surface area (Å²) >= 11 is 1.73. The van der Waals surface area contributed by atoms with Gasteiger partial charge in [-0.2, -0.15) is 11.8 Å². The van der Waals surface area contributed by atoms with Crippen molar-refractivity contribution < 1.29 is 8.42 Å². The monoisotopic (exact) mass is 280 g/mol. The van der Waals surface area contributed by atoms with E-state index in [2.05, 4.69) is 31.0 Å². The second-order valence-corrected chi connectivity index (χ2v) is 8.92. The van der Waals surface area contributed by atoms with Gasteiger partial charge < -0.3 is 5.32 Å². The molecule has 0 radical (unpaired) electrons. The second-order valence-electron chi connectivity index (χ2n) is 5.57.